The van der Waals surface area contributed by atoms with E-state index in [-0.39, 0.29) is 11.7 Å². The van der Waals surface area contributed by atoms with Crippen molar-refractivity contribution in [1.82, 2.24) is 9.55 Å². The fourth-order valence-electron chi connectivity index (χ4n) is 1.87. The Morgan fingerprint density at radius 2 is 2.44 bits per heavy atom. The molecule has 1 aromatic heterocycles. The second-order valence-electron chi connectivity index (χ2n) is 3.96. The van der Waals surface area contributed by atoms with Gasteiger partial charge >= 0.3 is 5.97 Å². The lowest BCUT2D eigenvalue weighted by Crippen LogP contribution is -2.14. The van der Waals surface area contributed by atoms with Gasteiger partial charge in [-0.25, -0.2) is 9.78 Å². The fourth-order valence-corrected chi connectivity index (χ4v) is 1.87. The van der Waals surface area contributed by atoms with Gasteiger partial charge < -0.3 is 9.84 Å². The maximum atomic E-state index is 11.1. The van der Waals surface area contributed by atoms with Gasteiger partial charge in [-0.3, -0.25) is 4.57 Å². The van der Waals surface area contributed by atoms with Gasteiger partial charge in [-0.05, 0) is 12.5 Å². The van der Waals surface area contributed by atoms with Crippen molar-refractivity contribution in [3.63, 3.8) is 0 Å². The zero-order valence-electron chi connectivity index (χ0n) is 10.0. The smallest absolute Gasteiger partial charge is 0.354 e. The average molecular weight is 246 g/mol. The minimum Gasteiger partial charge on any atom is -0.477 e. The highest BCUT2D eigenvalue weighted by Gasteiger charge is 2.30. The number of fused-ring (bicyclic) bond motifs is 1. The predicted octanol–water partition coefficient (Wildman–Crippen LogP) is 2.20. The second-order valence-corrected chi connectivity index (χ2v) is 3.96. The highest BCUT2D eigenvalue weighted by Crippen LogP contribution is 2.31. The van der Waals surface area contributed by atoms with E-state index in [0.717, 1.165) is 5.57 Å². The normalized spacial score (nSPS) is 18.7. The Labute approximate surface area is 105 Å². The molecule has 0 radical (unpaired) electrons. The third-order valence-corrected chi connectivity index (χ3v) is 2.80. The number of rotatable bonds is 4. The van der Waals surface area contributed by atoms with Crippen LogP contribution in [0.2, 0.25) is 0 Å². The minimum absolute atomic E-state index is 0.122. The summed E-state index contributed by atoms with van der Waals surface area (Å²) in [4.78, 5) is 15.0. The van der Waals surface area contributed by atoms with Crippen LogP contribution in [0, 0.1) is 0 Å². The molecule has 2 rings (SSSR count). The van der Waals surface area contributed by atoms with Crippen molar-refractivity contribution in [1.29, 1.82) is 0 Å². The molecule has 0 fully saturated rings. The molecule has 5 heteroatoms. The number of carboxylic acids is 1. The van der Waals surface area contributed by atoms with E-state index in [9.17, 15) is 4.79 Å². The lowest BCUT2D eigenvalue weighted by Gasteiger charge is -2.12. The molecule has 0 amide bonds. The lowest BCUT2D eigenvalue weighted by atomic mass is 10.1. The maximum Gasteiger partial charge on any atom is 0.354 e. The van der Waals surface area contributed by atoms with Gasteiger partial charge in [0.05, 0.1) is 12.2 Å². The lowest BCUT2D eigenvalue weighted by molar-refractivity contribution is 0.0684. The first-order valence-corrected chi connectivity index (χ1v) is 5.54. The molecule has 5 nitrogen and oxygen atoms in total. The molecule has 1 aromatic rings. The van der Waals surface area contributed by atoms with Crippen LogP contribution in [0.1, 0.15) is 23.5 Å². The zero-order chi connectivity index (χ0) is 13.1. The van der Waals surface area contributed by atoms with Crippen LogP contribution < -0.4 is 4.74 Å². The third-order valence-electron chi connectivity index (χ3n) is 2.80. The first-order chi connectivity index (χ1) is 8.65. The number of nitrogens with zero attached hydrogens (tertiary/aromatic N) is 2. The number of carboxylic acid groups (broad SMARTS) is 1. The minimum atomic E-state index is -1.00. The van der Waals surface area contributed by atoms with Crippen molar-refractivity contribution in [2.75, 3.05) is 6.61 Å². The molecule has 1 unspecified atom stereocenters. The summed E-state index contributed by atoms with van der Waals surface area (Å²) in [5.74, 6) is -1.00. The van der Waals surface area contributed by atoms with Crippen LogP contribution in [-0.4, -0.2) is 27.2 Å². The molecular weight excluding hydrogens is 232 g/mol. The van der Waals surface area contributed by atoms with E-state index in [4.69, 9.17) is 9.84 Å². The maximum absolute atomic E-state index is 11.1. The number of aromatic nitrogens is 2. The number of hydrogen-bond donors (Lipinski definition) is 1. The summed E-state index contributed by atoms with van der Waals surface area (Å²) in [6, 6.07) is 0.237. The molecule has 0 bridgehead atoms. The molecule has 2 heterocycles. The van der Waals surface area contributed by atoms with Crippen LogP contribution >= 0.6 is 0 Å². The molecule has 0 spiro atoms. The molecule has 18 heavy (non-hydrogen) atoms. The fraction of sp³-hybridized carbons (Fsp3) is 0.231. The summed E-state index contributed by atoms with van der Waals surface area (Å²) < 4.78 is 6.98. The Kier molecular flexibility index (Phi) is 3.32. The number of carbonyl (C=O) groups is 1. The number of imidazole rings is 1. The van der Waals surface area contributed by atoms with Crippen LogP contribution in [0.25, 0.3) is 0 Å². The molecule has 0 aliphatic carbocycles. The van der Waals surface area contributed by atoms with Gasteiger partial charge in [0.25, 0.3) is 6.01 Å². The van der Waals surface area contributed by atoms with E-state index in [1.54, 1.807) is 10.6 Å². The van der Waals surface area contributed by atoms with Crippen LogP contribution in [0.5, 0.6) is 6.01 Å². The van der Waals surface area contributed by atoms with Gasteiger partial charge in [-0.1, -0.05) is 30.9 Å². The first kappa shape index (κ1) is 12.2. The molecule has 0 aromatic carbocycles. The monoisotopic (exact) mass is 246 g/mol. The molecule has 0 saturated carbocycles. The van der Waals surface area contributed by atoms with Crippen molar-refractivity contribution in [3.8, 4) is 6.01 Å². The summed E-state index contributed by atoms with van der Waals surface area (Å²) in [6.07, 6.45) is 8.58. The van der Waals surface area contributed by atoms with Crippen LogP contribution in [0.15, 0.2) is 42.7 Å². The first-order valence-electron chi connectivity index (χ1n) is 5.54. The summed E-state index contributed by atoms with van der Waals surface area (Å²) in [7, 11) is 0. The van der Waals surface area contributed by atoms with E-state index in [1.807, 2.05) is 25.2 Å². The van der Waals surface area contributed by atoms with Crippen LogP contribution in [0.3, 0.4) is 0 Å². The molecule has 1 atom stereocenters. The molecule has 94 valence electrons. The van der Waals surface area contributed by atoms with E-state index in [2.05, 4.69) is 11.6 Å². The van der Waals surface area contributed by atoms with Crippen molar-refractivity contribution >= 4 is 5.97 Å². The highest BCUT2D eigenvalue weighted by molar-refractivity contribution is 5.86. The average Bonchev–Trinajstić information content (AvgIpc) is 2.88. The Hall–Kier alpha value is -2.30. The van der Waals surface area contributed by atoms with Gasteiger partial charge in [0, 0.05) is 0 Å². The van der Waals surface area contributed by atoms with Crippen LogP contribution in [0.4, 0.5) is 0 Å². The van der Waals surface area contributed by atoms with E-state index in [0.29, 0.717) is 12.6 Å². The largest absolute Gasteiger partial charge is 0.477 e. The summed E-state index contributed by atoms with van der Waals surface area (Å²) in [6.45, 7) is 5.93. The van der Waals surface area contributed by atoms with Crippen molar-refractivity contribution in [3.05, 3.63) is 48.3 Å². The Morgan fingerprint density at radius 3 is 3.11 bits per heavy atom. The van der Waals surface area contributed by atoms with E-state index in [1.165, 1.54) is 6.20 Å². The van der Waals surface area contributed by atoms with Gasteiger partial charge in [-0.15, -0.1) is 0 Å². The molecule has 1 aliphatic heterocycles. The molecule has 1 aliphatic rings. The number of hydrogen-bond acceptors (Lipinski definition) is 3. The van der Waals surface area contributed by atoms with E-state index >= 15 is 0 Å². The number of aromatic carboxylic acids is 1. The van der Waals surface area contributed by atoms with E-state index < -0.39 is 5.97 Å². The van der Waals surface area contributed by atoms with Crippen molar-refractivity contribution < 1.29 is 14.6 Å². The summed E-state index contributed by atoms with van der Waals surface area (Å²) in [5.41, 5.74) is 1.15. The summed E-state index contributed by atoms with van der Waals surface area (Å²) >= 11 is 0. The second kappa shape index (κ2) is 4.91. The van der Waals surface area contributed by atoms with Gasteiger partial charge in [0.2, 0.25) is 0 Å². The standard InChI is InChI=1S/C13H14N2O3/c1-3-4-5-6-9(2)11-8-18-13-14-7-10(12(16)17)15(11)13/h3-7,11H,1,8H2,2H3,(H,16,17)/b5-4-,9-6+. The zero-order valence-corrected chi connectivity index (χ0v) is 10.0. The highest BCUT2D eigenvalue weighted by atomic mass is 16.5. The Morgan fingerprint density at radius 1 is 1.67 bits per heavy atom. The van der Waals surface area contributed by atoms with Crippen LogP contribution in [-0.2, 0) is 0 Å². The predicted molar refractivity (Wildman–Crippen MR) is 66.8 cm³/mol. The Balaban J connectivity index is 2.33. The van der Waals surface area contributed by atoms with Gasteiger partial charge in [0.15, 0.2) is 5.69 Å². The number of ether oxygens (including phenoxy) is 1. The van der Waals surface area contributed by atoms with Crippen molar-refractivity contribution in [2.45, 2.75) is 13.0 Å². The Bertz CT molecular complexity index is 540. The quantitative estimate of drug-likeness (QED) is 0.827. The van der Waals surface area contributed by atoms with Crippen molar-refractivity contribution in [2.24, 2.45) is 0 Å². The SMILES string of the molecule is C=C/C=C\C=C(/C)C1COc2ncc(C(=O)O)n21. The third kappa shape index (κ3) is 2.07. The number of allylic oxidation sites excluding steroid dienone is 4. The molecule has 0 saturated heterocycles. The summed E-state index contributed by atoms with van der Waals surface area (Å²) in [5, 5.41) is 9.09. The van der Waals surface area contributed by atoms with Gasteiger partial charge in [0.1, 0.15) is 6.61 Å². The van der Waals surface area contributed by atoms with Gasteiger partial charge in [-0.2, -0.15) is 0 Å². The molecular formula is C13H14N2O3. The molecule has 1 N–H and O–H groups in total. The topological polar surface area (TPSA) is 64.3 Å².